The molecule has 1 aromatic rings. The van der Waals surface area contributed by atoms with Crippen LogP contribution in [-0.2, 0) is 14.9 Å². The minimum atomic E-state index is -4.02. The van der Waals surface area contributed by atoms with Gasteiger partial charge in [-0.1, -0.05) is 17.7 Å². The summed E-state index contributed by atoms with van der Waals surface area (Å²) in [6.45, 7) is 1.50. The fraction of sp³-hybridized carbons (Fsp3) is 0.400. The van der Waals surface area contributed by atoms with Crippen LogP contribution >= 0.6 is 0 Å². The third-order valence-corrected chi connectivity index (χ3v) is 2.61. The van der Waals surface area contributed by atoms with E-state index < -0.39 is 16.4 Å². The molecule has 0 saturated heterocycles. The summed E-state index contributed by atoms with van der Waals surface area (Å²) in [7, 11) is -2.70. The van der Waals surface area contributed by atoms with Gasteiger partial charge in [0.25, 0.3) is 10.1 Å². The van der Waals surface area contributed by atoms with Crippen molar-refractivity contribution in [2.45, 2.75) is 18.1 Å². The first-order valence-corrected chi connectivity index (χ1v) is 6.11. The van der Waals surface area contributed by atoms with Crippen molar-refractivity contribution in [1.29, 1.82) is 0 Å². The zero-order chi connectivity index (χ0) is 13.5. The quantitative estimate of drug-likeness (QED) is 0.531. The zero-order valence-corrected chi connectivity index (χ0v) is 10.4. The fourth-order valence-corrected chi connectivity index (χ4v) is 1.26. The normalized spacial score (nSPS) is 12.5. The number of ether oxygens (including phenoxy) is 1. The number of rotatable bonds is 3. The van der Waals surface area contributed by atoms with Crippen LogP contribution in [0.25, 0.3) is 0 Å². The number of aliphatic hydroxyl groups is 2. The summed E-state index contributed by atoms with van der Waals surface area (Å²) >= 11 is 0. The molecular formula is C10H16O6S. The van der Waals surface area contributed by atoms with Crippen LogP contribution in [0.5, 0.6) is 0 Å². The summed E-state index contributed by atoms with van der Waals surface area (Å²) in [4.78, 5) is -0.0666. The highest BCUT2D eigenvalue weighted by molar-refractivity contribution is 7.85. The van der Waals surface area contributed by atoms with Crippen LogP contribution in [-0.4, -0.2) is 43.2 Å². The fourth-order valence-electron chi connectivity index (χ4n) is 0.785. The van der Waals surface area contributed by atoms with Crippen LogP contribution < -0.4 is 0 Å². The molecule has 7 heteroatoms. The van der Waals surface area contributed by atoms with Gasteiger partial charge >= 0.3 is 0 Å². The van der Waals surface area contributed by atoms with Gasteiger partial charge in [-0.25, -0.2) is 0 Å². The number of benzene rings is 1. The van der Waals surface area contributed by atoms with Gasteiger partial charge in [-0.3, -0.25) is 4.55 Å². The smallest absolute Gasteiger partial charge is 0.294 e. The Morgan fingerprint density at radius 2 is 1.76 bits per heavy atom. The first-order valence-electron chi connectivity index (χ1n) is 4.67. The van der Waals surface area contributed by atoms with E-state index in [1.54, 1.807) is 12.1 Å². The highest BCUT2D eigenvalue weighted by atomic mass is 32.2. The molecule has 0 bridgehead atoms. The maximum absolute atomic E-state index is 10.5. The summed E-state index contributed by atoms with van der Waals surface area (Å²) < 4.78 is 33.8. The number of hydrogen-bond acceptors (Lipinski definition) is 5. The van der Waals surface area contributed by atoms with Crippen molar-refractivity contribution in [3.63, 3.8) is 0 Å². The van der Waals surface area contributed by atoms with E-state index in [2.05, 4.69) is 4.74 Å². The maximum atomic E-state index is 10.5. The first kappa shape index (κ1) is 16.0. The highest BCUT2D eigenvalue weighted by Crippen LogP contribution is 2.08. The maximum Gasteiger partial charge on any atom is 0.294 e. The summed E-state index contributed by atoms with van der Waals surface area (Å²) in [5.41, 5.74) is 0.956. The van der Waals surface area contributed by atoms with Crippen molar-refractivity contribution < 1.29 is 27.9 Å². The number of aliphatic hydroxyl groups excluding tert-OH is 2. The predicted molar refractivity (Wildman–Crippen MR) is 61.1 cm³/mol. The Bertz CT molecular complexity index is 407. The van der Waals surface area contributed by atoms with E-state index in [9.17, 15) is 8.42 Å². The molecule has 0 saturated carbocycles. The van der Waals surface area contributed by atoms with Crippen molar-refractivity contribution in [1.82, 2.24) is 0 Å². The Balaban J connectivity index is 0.000000366. The molecular weight excluding hydrogens is 248 g/mol. The van der Waals surface area contributed by atoms with E-state index in [1.165, 1.54) is 19.2 Å². The van der Waals surface area contributed by atoms with Crippen molar-refractivity contribution in [2.75, 3.05) is 13.7 Å². The van der Waals surface area contributed by atoms with Gasteiger partial charge in [0.05, 0.1) is 11.5 Å². The van der Waals surface area contributed by atoms with E-state index >= 15 is 0 Å². The minimum Gasteiger partial charge on any atom is -0.391 e. The molecule has 17 heavy (non-hydrogen) atoms. The first-order chi connectivity index (χ1) is 7.81. The largest absolute Gasteiger partial charge is 0.391 e. The monoisotopic (exact) mass is 264 g/mol. The van der Waals surface area contributed by atoms with E-state index in [0.29, 0.717) is 0 Å². The molecule has 6 nitrogen and oxygen atoms in total. The molecule has 0 spiro atoms. The zero-order valence-electron chi connectivity index (χ0n) is 9.57. The molecule has 0 aromatic heterocycles. The lowest BCUT2D eigenvalue weighted by Crippen LogP contribution is -2.12. The van der Waals surface area contributed by atoms with Gasteiger partial charge in [0.1, 0.15) is 0 Å². The average molecular weight is 264 g/mol. The van der Waals surface area contributed by atoms with Gasteiger partial charge in [0.2, 0.25) is 0 Å². The van der Waals surface area contributed by atoms with Crippen LogP contribution in [0.3, 0.4) is 0 Å². The minimum absolute atomic E-state index is 0.0666. The highest BCUT2D eigenvalue weighted by Gasteiger charge is 2.06. The van der Waals surface area contributed by atoms with Crippen molar-refractivity contribution in [3.05, 3.63) is 29.8 Å². The standard InChI is InChI=1S/C7H8O3S.C3H8O3/c1-6-2-4-7(5-3-6)11(8,9)10;1-6-3(5)2-4/h2-5H,1H3,(H,8,9,10);3-5H,2H2,1H3. The van der Waals surface area contributed by atoms with Crippen LogP contribution in [0.1, 0.15) is 5.56 Å². The average Bonchev–Trinajstić information content (AvgIpc) is 2.28. The summed E-state index contributed by atoms with van der Waals surface area (Å²) in [5, 5.41) is 16.2. The van der Waals surface area contributed by atoms with Gasteiger partial charge in [-0.2, -0.15) is 8.42 Å². The molecule has 0 amide bonds. The number of aryl methyl sites for hydroxylation is 1. The SMILES string of the molecule is COC(O)CO.Cc1ccc(S(=O)(=O)O)cc1. The van der Waals surface area contributed by atoms with E-state index in [-0.39, 0.29) is 11.5 Å². The lowest BCUT2D eigenvalue weighted by Gasteiger charge is -1.99. The second-order valence-electron chi connectivity index (χ2n) is 3.16. The van der Waals surface area contributed by atoms with Gasteiger partial charge in [0.15, 0.2) is 6.29 Å². The lowest BCUT2D eigenvalue weighted by molar-refractivity contribution is -0.102. The van der Waals surface area contributed by atoms with Gasteiger partial charge in [-0.15, -0.1) is 0 Å². The third kappa shape index (κ3) is 7.03. The topological polar surface area (TPSA) is 104 Å². The molecule has 1 atom stereocenters. The lowest BCUT2D eigenvalue weighted by atomic mass is 10.2. The second-order valence-corrected chi connectivity index (χ2v) is 4.58. The molecule has 1 unspecified atom stereocenters. The third-order valence-electron chi connectivity index (χ3n) is 1.75. The molecule has 0 aliphatic heterocycles. The number of hydrogen-bond donors (Lipinski definition) is 3. The summed E-state index contributed by atoms with van der Waals surface area (Å²) in [5.74, 6) is 0. The molecule has 1 rings (SSSR count). The predicted octanol–water partition coefficient (Wildman–Crippen LogP) is 0.185. The molecule has 0 aliphatic carbocycles. The van der Waals surface area contributed by atoms with Crippen LogP contribution in [0, 0.1) is 6.92 Å². The van der Waals surface area contributed by atoms with Crippen LogP contribution in [0.15, 0.2) is 29.2 Å². The Hall–Kier alpha value is -0.990. The van der Waals surface area contributed by atoms with Gasteiger partial charge < -0.3 is 14.9 Å². The molecule has 0 aliphatic rings. The molecule has 0 fully saturated rings. The Kier molecular flexibility index (Phi) is 6.93. The Labute approximate surface area is 100 Å². The van der Waals surface area contributed by atoms with Gasteiger partial charge in [-0.05, 0) is 19.1 Å². The van der Waals surface area contributed by atoms with Crippen LogP contribution in [0.4, 0.5) is 0 Å². The molecule has 0 radical (unpaired) electrons. The van der Waals surface area contributed by atoms with E-state index in [0.717, 1.165) is 5.56 Å². The second kappa shape index (κ2) is 7.36. The number of methoxy groups -OCH3 is 1. The Morgan fingerprint density at radius 3 is 2.00 bits per heavy atom. The van der Waals surface area contributed by atoms with E-state index in [4.69, 9.17) is 14.8 Å². The van der Waals surface area contributed by atoms with E-state index in [1.807, 2.05) is 6.92 Å². The Morgan fingerprint density at radius 1 is 1.29 bits per heavy atom. The molecule has 0 heterocycles. The summed E-state index contributed by atoms with van der Waals surface area (Å²) in [6.07, 6.45) is -1.01. The molecule has 3 N–H and O–H groups in total. The van der Waals surface area contributed by atoms with Crippen molar-refractivity contribution in [2.24, 2.45) is 0 Å². The van der Waals surface area contributed by atoms with Crippen LogP contribution in [0.2, 0.25) is 0 Å². The van der Waals surface area contributed by atoms with Crippen molar-refractivity contribution in [3.8, 4) is 0 Å². The summed E-state index contributed by atoms with van der Waals surface area (Å²) in [6, 6.07) is 5.99. The molecule has 98 valence electrons. The van der Waals surface area contributed by atoms with Crippen molar-refractivity contribution >= 4 is 10.1 Å². The van der Waals surface area contributed by atoms with Gasteiger partial charge in [0, 0.05) is 7.11 Å². The molecule has 1 aromatic carbocycles.